The fourth-order valence-electron chi connectivity index (χ4n) is 2.46. The zero-order valence-electron chi connectivity index (χ0n) is 10.8. The lowest BCUT2D eigenvalue weighted by Gasteiger charge is -2.16. The molecule has 0 aliphatic carbocycles. The number of hydrogen-bond donors (Lipinski definition) is 1. The molecule has 2 saturated heterocycles. The summed E-state index contributed by atoms with van der Waals surface area (Å²) in [6.07, 6.45) is 3.67. The van der Waals surface area contributed by atoms with Crippen molar-refractivity contribution in [3.8, 4) is 0 Å². The number of thioether (sulfide) groups is 1. The summed E-state index contributed by atoms with van der Waals surface area (Å²) in [5, 5.41) is 3.58. The Kier molecular flexibility index (Phi) is 4.28. The van der Waals surface area contributed by atoms with E-state index in [-0.39, 0.29) is 5.28 Å². The second kappa shape index (κ2) is 6.13. The van der Waals surface area contributed by atoms with Crippen LogP contribution in [-0.2, 0) is 0 Å². The number of nitrogens with zero attached hydrogens (tertiary/aromatic N) is 4. The van der Waals surface area contributed by atoms with Crippen molar-refractivity contribution in [2.45, 2.75) is 19.3 Å². The molecule has 0 bridgehead atoms. The smallest absolute Gasteiger partial charge is 0.231 e. The number of rotatable bonds is 4. The Bertz CT molecular complexity index is 432. The molecule has 0 amide bonds. The van der Waals surface area contributed by atoms with Crippen molar-refractivity contribution in [3.05, 3.63) is 5.28 Å². The van der Waals surface area contributed by atoms with Crippen LogP contribution in [-0.4, -0.2) is 46.1 Å². The van der Waals surface area contributed by atoms with Crippen LogP contribution in [0, 0.1) is 5.92 Å². The largest absolute Gasteiger partial charge is 0.354 e. The molecule has 104 valence electrons. The Morgan fingerprint density at radius 2 is 2.11 bits per heavy atom. The van der Waals surface area contributed by atoms with Gasteiger partial charge in [-0.15, -0.1) is 0 Å². The molecule has 1 aromatic rings. The lowest BCUT2D eigenvalue weighted by Crippen LogP contribution is -2.22. The second-order valence-corrected chi connectivity index (χ2v) is 6.52. The molecule has 0 radical (unpaired) electrons. The van der Waals surface area contributed by atoms with Gasteiger partial charge in [0, 0.05) is 19.6 Å². The first kappa shape index (κ1) is 13.2. The zero-order valence-corrected chi connectivity index (χ0v) is 12.4. The minimum absolute atomic E-state index is 0.278. The summed E-state index contributed by atoms with van der Waals surface area (Å²) in [6.45, 7) is 2.95. The van der Waals surface area contributed by atoms with Crippen LogP contribution in [0.5, 0.6) is 0 Å². The number of anilines is 2. The van der Waals surface area contributed by atoms with Crippen molar-refractivity contribution in [3.63, 3.8) is 0 Å². The van der Waals surface area contributed by atoms with Gasteiger partial charge >= 0.3 is 0 Å². The highest BCUT2D eigenvalue weighted by molar-refractivity contribution is 7.99. The summed E-state index contributed by atoms with van der Waals surface area (Å²) in [5.41, 5.74) is 0. The summed E-state index contributed by atoms with van der Waals surface area (Å²) < 4.78 is 0. The first-order valence-electron chi connectivity index (χ1n) is 6.79. The normalized spacial score (nSPS) is 23.0. The van der Waals surface area contributed by atoms with E-state index in [9.17, 15) is 0 Å². The van der Waals surface area contributed by atoms with Crippen LogP contribution in [0.1, 0.15) is 19.3 Å². The molecule has 2 aliphatic heterocycles. The third-order valence-electron chi connectivity index (χ3n) is 3.56. The van der Waals surface area contributed by atoms with Crippen LogP contribution in [0.3, 0.4) is 0 Å². The van der Waals surface area contributed by atoms with Gasteiger partial charge in [-0.2, -0.15) is 26.7 Å². The summed E-state index contributed by atoms with van der Waals surface area (Å²) in [5.74, 6) is 4.53. The van der Waals surface area contributed by atoms with Gasteiger partial charge in [-0.1, -0.05) is 0 Å². The minimum Gasteiger partial charge on any atom is -0.354 e. The van der Waals surface area contributed by atoms with Crippen molar-refractivity contribution >= 4 is 35.3 Å². The van der Waals surface area contributed by atoms with E-state index >= 15 is 0 Å². The topological polar surface area (TPSA) is 53.9 Å². The highest BCUT2D eigenvalue weighted by atomic mass is 35.5. The Morgan fingerprint density at radius 3 is 2.84 bits per heavy atom. The number of hydrogen-bond acceptors (Lipinski definition) is 6. The van der Waals surface area contributed by atoms with E-state index < -0.39 is 0 Å². The van der Waals surface area contributed by atoms with Crippen molar-refractivity contribution < 1.29 is 0 Å². The first-order chi connectivity index (χ1) is 9.31. The molecule has 5 nitrogen and oxygen atoms in total. The van der Waals surface area contributed by atoms with E-state index in [0.717, 1.165) is 25.6 Å². The Hall–Kier alpha value is -0.750. The Balaban J connectivity index is 1.66. The quantitative estimate of drug-likeness (QED) is 0.920. The molecular weight excluding hydrogens is 282 g/mol. The maximum absolute atomic E-state index is 5.99. The van der Waals surface area contributed by atoms with Crippen LogP contribution in [0.2, 0.25) is 5.28 Å². The third kappa shape index (κ3) is 3.42. The molecule has 2 aliphatic rings. The van der Waals surface area contributed by atoms with Gasteiger partial charge in [-0.3, -0.25) is 0 Å². The van der Waals surface area contributed by atoms with Gasteiger partial charge in [0.25, 0.3) is 0 Å². The second-order valence-electron chi connectivity index (χ2n) is 5.03. The maximum Gasteiger partial charge on any atom is 0.231 e. The molecule has 2 fully saturated rings. The molecule has 3 heterocycles. The van der Waals surface area contributed by atoms with Crippen LogP contribution in [0.15, 0.2) is 0 Å². The van der Waals surface area contributed by atoms with Crippen LogP contribution < -0.4 is 10.2 Å². The molecule has 0 aromatic carbocycles. The predicted octanol–water partition coefficient (Wildman–Crippen LogP) is 2.29. The van der Waals surface area contributed by atoms with Crippen LogP contribution in [0.4, 0.5) is 11.9 Å². The van der Waals surface area contributed by atoms with E-state index in [4.69, 9.17) is 11.6 Å². The Labute approximate surface area is 122 Å². The van der Waals surface area contributed by atoms with E-state index in [2.05, 4.69) is 25.2 Å². The lowest BCUT2D eigenvalue weighted by atomic mass is 10.1. The van der Waals surface area contributed by atoms with E-state index in [0.29, 0.717) is 11.9 Å². The van der Waals surface area contributed by atoms with Gasteiger partial charge in [-0.05, 0) is 48.3 Å². The number of aromatic nitrogens is 3. The van der Waals surface area contributed by atoms with Crippen molar-refractivity contribution in [1.82, 2.24) is 15.0 Å². The average molecular weight is 300 g/mol. The number of nitrogens with one attached hydrogen (secondary N) is 1. The molecule has 0 saturated carbocycles. The first-order valence-corrected chi connectivity index (χ1v) is 8.32. The minimum atomic E-state index is 0.278. The SMILES string of the molecule is Clc1nc(NCC2CCSC2)nc(N2CCCC2)n1. The summed E-state index contributed by atoms with van der Waals surface area (Å²) in [7, 11) is 0. The third-order valence-corrected chi connectivity index (χ3v) is 4.96. The van der Waals surface area contributed by atoms with Gasteiger partial charge in [0.1, 0.15) is 0 Å². The van der Waals surface area contributed by atoms with Gasteiger partial charge in [0.05, 0.1) is 0 Å². The van der Waals surface area contributed by atoms with Gasteiger partial charge in [0.15, 0.2) is 0 Å². The van der Waals surface area contributed by atoms with Gasteiger partial charge in [-0.25, -0.2) is 0 Å². The maximum atomic E-state index is 5.99. The molecule has 1 aromatic heterocycles. The molecule has 3 rings (SSSR count). The summed E-state index contributed by atoms with van der Waals surface area (Å²) >= 11 is 8.01. The highest BCUT2D eigenvalue weighted by Crippen LogP contribution is 2.24. The highest BCUT2D eigenvalue weighted by Gasteiger charge is 2.18. The van der Waals surface area contributed by atoms with Gasteiger partial charge < -0.3 is 10.2 Å². The molecule has 1 unspecified atom stereocenters. The monoisotopic (exact) mass is 299 g/mol. The van der Waals surface area contributed by atoms with E-state index in [1.807, 2.05) is 11.8 Å². The molecule has 7 heteroatoms. The predicted molar refractivity (Wildman–Crippen MR) is 80.2 cm³/mol. The fourth-order valence-corrected chi connectivity index (χ4v) is 3.90. The zero-order chi connectivity index (χ0) is 13.1. The van der Waals surface area contributed by atoms with Crippen molar-refractivity contribution in [2.75, 3.05) is 41.4 Å². The van der Waals surface area contributed by atoms with E-state index in [1.54, 1.807) is 0 Å². The molecule has 0 spiro atoms. The molecular formula is C12H18ClN5S. The summed E-state index contributed by atoms with van der Waals surface area (Å²) in [6, 6.07) is 0. The fraction of sp³-hybridized carbons (Fsp3) is 0.750. The standard InChI is InChI=1S/C12H18ClN5S/c13-10-15-11(14-7-9-3-6-19-8-9)17-12(16-10)18-4-1-2-5-18/h9H,1-8H2,(H,14,15,16,17). The van der Waals surface area contributed by atoms with Crippen molar-refractivity contribution in [2.24, 2.45) is 5.92 Å². The summed E-state index contributed by atoms with van der Waals surface area (Å²) in [4.78, 5) is 15.0. The van der Waals surface area contributed by atoms with Crippen LogP contribution >= 0.6 is 23.4 Å². The molecule has 19 heavy (non-hydrogen) atoms. The van der Waals surface area contributed by atoms with Gasteiger partial charge in [0.2, 0.25) is 17.2 Å². The van der Waals surface area contributed by atoms with Crippen molar-refractivity contribution in [1.29, 1.82) is 0 Å². The average Bonchev–Trinajstić information content (AvgIpc) is 3.09. The van der Waals surface area contributed by atoms with E-state index in [1.165, 1.54) is 30.8 Å². The Morgan fingerprint density at radius 1 is 1.26 bits per heavy atom. The lowest BCUT2D eigenvalue weighted by molar-refractivity contribution is 0.628. The number of halogens is 1. The molecule has 1 N–H and O–H groups in total. The molecule has 1 atom stereocenters. The van der Waals surface area contributed by atoms with Crippen LogP contribution in [0.25, 0.3) is 0 Å².